The molecule has 120 valence electrons. The number of carboxylic acids is 1. The number of benzene rings is 1. The summed E-state index contributed by atoms with van der Waals surface area (Å²) in [4.78, 5) is 12.6. The Hall–Kier alpha value is -2.18. The second-order valence-corrected chi connectivity index (χ2v) is 7.29. The third-order valence-electron chi connectivity index (χ3n) is 3.68. The zero-order valence-corrected chi connectivity index (χ0v) is 14.1. The number of rotatable bonds is 5. The van der Waals surface area contributed by atoms with Crippen LogP contribution in [0.5, 0.6) is 11.5 Å². The number of carbonyl (C=O) groups is 1. The van der Waals surface area contributed by atoms with Crippen LogP contribution in [0.1, 0.15) is 15.4 Å². The molecule has 0 fully saturated rings. The van der Waals surface area contributed by atoms with Crippen molar-refractivity contribution in [1.29, 1.82) is 0 Å². The van der Waals surface area contributed by atoms with Crippen LogP contribution in [0.25, 0.3) is 10.9 Å². The van der Waals surface area contributed by atoms with Gasteiger partial charge in [0.2, 0.25) is 10.7 Å². The average molecular weight is 353 g/mol. The first-order valence-corrected chi connectivity index (χ1v) is 8.92. The van der Waals surface area contributed by atoms with Crippen LogP contribution in [0.15, 0.2) is 35.7 Å². The monoisotopic (exact) mass is 352 g/mol. The summed E-state index contributed by atoms with van der Waals surface area (Å²) in [6.45, 7) is 0.404. The average Bonchev–Trinajstić information content (AvgIpc) is 3.11. The first kappa shape index (κ1) is 15.7. The molecule has 1 unspecified atom stereocenters. The molecule has 0 bridgehead atoms. The Bertz CT molecular complexity index is 884. The molecule has 0 radical (unpaired) electrons. The van der Waals surface area contributed by atoms with Crippen molar-refractivity contribution in [1.82, 2.24) is 4.57 Å². The van der Waals surface area contributed by atoms with Gasteiger partial charge in [0.15, 0.2) is 10.3 Å². The fourth-order valence-electron chi connectivity index (χ4n) is 2.57. The second-order valence-electron chi connectivity index (χ2n) is 4.93. The molecular formula is C16H15ClNO4S+. The van der Waals surface area contributed by atoms with Crippen molar-refractivity contribution in [2.24, 2.45) is 0 Å². The zero-order chi connectivity index (χ0) is 16.6. The minimum absolute atomic E-state index is 0.188. The number of halogens is 1. The fraction of sp³-hybridized carbons (Fsp3) is 0.188. The summed E-state index contributed by atoms with van der Waals surface area (Å²) in [6.07, 6.45) is 0. The van der Waals surface area contributed by atoms with Gasteiger partial charge in [-0.25, -0.2) is 4.79 Å². The molecule has 7 heteroatoms. The number of nitrogens with zero attached hydrogens (tertiary/aromatic N) is 1. The van der Waals surface area contributed by atoms with Crippen molar-refractivity contribution in [3.63, 3.8) is 0 Å². The molecule has 2 heterocycles. The smallest absolute Gasteiger partial charge is 0.352 e. The lowest BCUT2D eigenvalue weighted by atomic mass is 10.2. The van der Waals surface area contributed by atoms with Gasteiger partial charge in [-0.05, 0) is 12.1 Å². The highest BCUT2D eigenvalue weighted by Crippen LogP contribution is 2.36. The summed E-state index contributed by atoms with van der Waals surface area (Å²) < 4.78 is 12.4. The normalized spacial score (nSPS) is 11.7. The summed E-state index contributed by atoms with van der Waals surface area (Å²) in [7, 11) is 8.87. The SMILES string of the molecule is COc1cc(OC)c2cc(C(=O)O)n(Cc3ccc[s+]3Cl)c2c1. The summed E-state index contributed by atoms with van der Waals surface area (Å²) >= 11 is 0. The first-order valence-electron chi connectivity index (χ1n) is 6.80. The van der Waals surface area contributed by atoms with E-state index in [4.69, 9.17) is 20.2 Å². The quantitative estimate of drug-likeness (QED) is 0.700. The lowest BCUT2D eigenvalue weighted by molar-refractivity contribution is 0.0686. The Balaban J connectivity index is 2.26. The van der Waals surface area contributed by atoms with Gasteiger partial charge in [0, 0.05) is 23.6 Å². The molecule has 0 aliphatic rings. The number of hydrogen-bond acceptors (Lipinski definition) is 3. The Morgan fingerprint density at radius 1 is 1.30 bits per heavy atom. The molecular weight excluding hydrogens is 338 g/mol. The van der Waals surface area contributed by atoms with Crippen LogP contribution >= 0.6 is 20.4 Å². The number of aromatic nitrogens is 1. The van der Waals surface area contributed by atoms with Crippen LogP contribution in [0.3, 0.4) is 0 Å². The largest absolute Gasteiger partial charge is 0.497 e. The van der Waals surface area contributed by atoms with Gasteiger partial charge in [-0.2, -0.15) is 0 Å². The molecule has 2 aromatic heterocycles. The molecule has 3 rings (SSSR count). The van der Waals surface area contributed by atoms with E-state index in [1.54, 1.807) is 37.0 Å². The maximum Gasteiger partial charge on any atom is 0.352 e. The number of ether oxygens (including phenoxy) is 2. The number of hydrogen-bond donors (Lipinski definition) is 1. The molecule has 0 aliphatic carbocycles. The minimum Gasteiger partial charge on any atom is -0.497 e. The van der Waals surface area contributed by atoms with Gasteiger partial charge in [0.05, 0.1) is 36.0 Å². The highest BCUT2D eigenvalue weighted by Gasteiger charge is 2.21. The molecule has 5 nitrogen and oxygen atoms in total. The van der Waals surface area contributed by atoms with Gasteiger partial charge < -0.3 is 19.1 Å². The Kier molecular flexibility index (Phi) is 4.19. The number of carboxylic acid groups (broad SMARTS) is 1. The standard InChI is InChI=1S/C16H14ClNO4S/c1-21-10-6-13-12(15(7-10)22-2)8-14(16(19)20)18(13)9-11-4-3-5-23(11)17/h3-8H,9H2,1-2H3/p+1. The summed E-state index contributed by atoms with van der Waals surface area (Å²) in [5.41, 5.74) is 0.924. The lowest BCUT2D eigenvalue weighted by Gasteiger charge is -2.09. The van der Waals surface area contributed by atoms with Gasteiger partial charge in [-0.15, -0.1) is 0 Å². The van der Waals surface area contributed by atoms with E-state index in [9.17, 15) is 9.90 Å². The first-order chi connectivity index (χ1) is 11.0. The molecule has 0 saturated carbocycles. The molecule has 1 aromatic carbocycles. The predicted molar refractivity (Wildman–Crippen MR) is 91.3 cm³/mol. The summed E-state index contributed by atoms with van der Waals surface area (Å²) in [5.74, 6) is 0.182. The number of thiophene rings is 1. The molecule has 0 saturated heterocycles. The highest BCUT2D eigenvalue weighted by molar-refractivity contribution is 7.61. The van der Waals surface area contributed by atoms with E-state index in [0.717, 1.165) is 15.8 Å². The molecule has 3 aromatic rings. The van der Waals surface area contributed by atoms with Gasteiger partial charge in [0.25, 0.3) is 0 Å². The van der Waals surface area contributed by atoms with Crippen LogP contribution in [0.2, 0.25) is 0 Å². The molecule has 0 aliphatic heterocycles. The minimum atomic E-state index is -0.997. The maximum atomic E-state index is 11.6. The topological polar surface area (TPSA) is 60.7 Å². The van der Waals surface area contributed by atoms with E-state index in [0.29, 0.717) is 18.0 Å². The fourth-order valence-corrected chi connectivity index (χ4v) is 3.90. The van der Waals surface area contributed by atoms with Gasteiger partial charge in [0.1, 0.15) is 17.2 Å². The van der Waals surface area contributed by atoms with Crippen molar-refractivity contribution in [2.75, 3.05) is 14.2 Å². The number of fused-ring (bicyclic) bond motifs is 1. The third-order valence-corrected chi connectivity index (χ3v) is 5.74. The van der Waals surface area contributed by atoms with Gasteiger partial charge >= 0.3 is 5.97 Å². The third kappa shape index (κ3) is 2.75. The van der Waals surface area contributed by atoms with E-state index < -0.39 is 15.7 Å². The van der Waals surface area contributed by atoms with E-state index in [1.165, 1.54) is 0 Å². The van der Waals surface area contributed by atoms with E-state index in [1.807, 2.05) is 17.5 Å². The van der Waals surface area contributed by atoms with E-state index >= 15 is 0 Å². The van der Waals surface area contributed by atoms with Crippen LogP contribution in [0, 0.1) is 0 Å². The molecule has 0 amide bonds. The van der Waals surface area contributed by atoms with Crippen molar-refractivity contribution < 1.29 is 19.4 Å². The van der Waals surface area contributed by atoms with Crippen molar-refractivity contribution in [3.8, 4) is 11.5 Å². The predicted octanol–water partition coefficient (Wildman–Crippen LogP) is 4.16. The molecule has 0 spiro atoms. The number of aromatic carboxylic acids is 1. The van der Waals surface area contributed by atoms with Crippen LogP contribution in [0.4, 0.5) is 0 Å². The molecule has 23 heavy (non-hydrogen) atoms. The Morgan fingerprint density at radius 3 is 2.65 bits per heavy atom. The van der Waals surface area contributed by atoms with E-state index in [2.05, 4.69) is 0 Å². The molecule has 1 atom stereocenters. The molecule has 1 N–H and O–H groups in total. The van der Waals surface area contributed by atoms with Gasteiger partial charge in [-0.3, -0.25) is 0 Å². The zero-order valence-electron chi connectivity index (χ0n) is 12.6. The Labute approximate surface area is 140 Å². The van der Waals surface area contributed by atoms with Crippen molar-refractivity contribution in [2.45, 2.75) is 6.54 Å². The Morgan fingerprint density at radius 2 is 2.09 bits per heavy atom. The van der Waals surface area contributed by atoms with E-state index in [-0.39, 0.29) is 5.69 Å². The van der Waals surface area contributed by atoms with Crippen molar-refractivity contribution >= 4 is 37.2 Å². The summed E-state index contributed by atoms with van der Waals surface area (Å²) in [6, 6.07) is 8.97. The summed E-state index contributed by atoms with van der Waals surface area (Å²) in [5, 5.41) is 12.2. The lowest BCUT2D eigenvalue weighted by Crippen LogP contribution is -2.08. The second kappa shape index (κ2) is 6.14. The highest BCUT2D eigenvalue weighted by atomic mass is 35.7. The van der Waals surface area contributed by atoms with Crippen LogP contribution in [-0.2, 0) is 6.54 Å². The number of methoxy groups -OCH3 is 2. The maximum absolute atomic E-state index is 11.6. The van der Waals surface area contributed by atoms with Gasteiger partial charge in [-0.1, -0.05) is 0 Å². The van der Waals surface area contributed by atoms with Crippen LogP contribution < -0.4 is 9.47 Å². The van der Waals surface area contributed by atoms with Crippen molar-refractivity contribution in [3.05, 3.63) is 46.3 Å². The van der Waals surface area contributed by atoms with Crippen LogP contribution in [-0.4, -0.2) is 29.9 Å².